The van der Waals surface area contributed by atoms with Crippen LogP contribution < -0.4 is 0 Å². The van der Waals surface area contributed by atoms with Gasteiger partial charge in [0, 0.05) is 44.2 Å². The number of rotatable bonds is 6. The van der Waals surface area contributed by atoms with Crippen LogP contribution >= 0.6 is 23.2 Å². The highest BCUT2D eigenvalue weighted by atomic mass is 35.5. The predicted molar refractivity (Wildman–Crippen MR) is 132 cm³/mol. The Balaban J connectivity index is 1.34. The van der Waals surface area contributed by atoms with Gasteiger partial charge in [-0.15, -0.1) is 0 Å². The van der Waals surface area contributed by atoms with Crippen LogP contribution in [0.3, 0.4) is 0 Å². The molecule has 1 amide bonds. The Labute approximate surface area is 222 Å². The van der Waals surface area contributed by atoms with Gasteiger partial charge in [-0.3, -0.25) is 14.6 Å². The maximum atomic E-state index is 14.2. The molecule has 0 aliphatic carbocycles. The van der Waals surface area contributed by atoms with E-state index in [0.29, 0.717) is 41.8 Å². The highest BCUT2D eigenvalue weighted by molar-refractivity contribution is 6.42. The van der Waals surface area contributed by atoms with Gasteiger partial charge >= 0.3 is 6.18 Å². The first-order valence-corrected chi connectivity index (χ1v) is 12.9. The second-order valence-corrected chi connectivity index (χ2v) is 11.0. The highest BCUT2D eigenvalue weighted by Gasteiger charge is 2.43. The number of alkyl halides is 3. The summed E-state index contributed by atoms with van der Waals surface area (Å²) in [5.74, 6) is -1.39. The van der Waals surface area contributed by atoms with Crippen molar-refractivity contribution < 1.29 is 27.1 Å². The molecule has 3 heterocycles. The van der Waals surface area contributed by atoms with Crippen LogP contribution in [0.2, 0.25) is 10.0 Å². The van der Waals surface area contributed by atoms with Gasteiger partial charge in [0.25, 0.3) is 0 Å². The number of halogens is 6. The molecule has 2 aromatic rings. The molecule has 0 aromatic heterocycles. The zero-order valence-electron chi connectivity index (χ0n) is 20.1. The molecular weight excluding hydrogens is 533 g/mol. The summed E-state index contributed by atoms with van der Waals surface area (Å²) in [6.07, 6.45) is -3.60. The fraction of sp³-hybridized carbons (Fsp3) is 0.500. The summed E-state index contributed by atoms with van der Waals surface area (Å²) >= 11 is 12.4. The van der Waals surface area contributed by atoms with Crippen molar-refractivity contribution in [3.63, 3.8) is 0 Å². The molecule has 4 atom stereocenters. The van der Waals surface area contributed by atoms with Crippen LogP contribution in [0.1, 0.15) is 29.0 Å². The molecule has 11 heteroatoms. The number of carbonyl (C=O) groups is 1. The van der Waals surface area contributed by atoms with Crippen LogP contribution in [0.4, 0.5) is 17.6 Å². The van der Waals surface area contributed by atoms with Crippen molar-refractivity contribution >= 4 is 29.1 Å². The molecule has 5 rings (SSSR count). The van der Waals surface area contributed by atoms with Crippen molar-refractivity contribution in [2.45, 2.75) is 43.2 Å². The molecule has 0 radical (unpaired) electrons. The van der Waals surface area contributed by atoms with Gasteiger partial charge in [-0.1, -0.05) is 35.3 Å². The topological polar surface area (TPSA) is 36.0 Å². The first-order valence-electron chi connectivity index (χ1n) is 12.1. The lowest BCUT2D eigenvalue weighted by molar-refractivity contribution is -0.140. The number of benzene rings is 2. The minimum atomic E-state index is -4.75. The van der Waals surface area contributed by atoms with E-state index in [9.17, 15) is 22.4 Å². The van der Waals surface area contributed by atoms with Gasteiger partial charge in [0.1, 0.15) is 5.82 Å². The summed E-state index contributed by atoms with van der Waals surface area (Å²) in [7, 11) is 1.83. The second-order valence-electron chi connectivity index (χ2n) is 10.1. The van der Waals surface area contributed by atoms with Crippen LogP contribution in [-0.4, -0.2) is 78.6 Å². The highest BCUT2D eigenvalue weighted by Crippen LogP contribution is 2.36. The minimum absolute atomic E-state index is 0.0223. The molecule has 5 nitrogen and oxygen atoms in total. The number of amides is 1. The lowest BCUT2D eigenvalue weighted by atomic mass is 9.93. The molecule has 3 aliphatic heterocycles. The largest absolute Gasteiger partial charge is 0.419 e. The van der Waals surface area contributed by atoms with E-state index in [2.05, 4.69) is 4.90 Å². The molecule has 3 fully saturated rings. The molecule has 0 spiro atoms. The SMILES string of the molecule is CN(Cc1ccc(C(F)(F)F)c(F)c1)[C@@H]1CN(C(=O)CN2C[C@@H]3C[C@@H]2CO3)C[C@@H]1c1ccc(Cl)c(Cl)c1. The second kappa shape index (κ2) is 10.3. The van der Waals surface area contributed by atoms with Gasteiger partial charge in [-0.2, -0.15) is 13.2 Å². The lowest BCUT2D eigenvalue weighted by Gasteiger charge is -2.30. The van der Waals surface area contributed by atoms with Crippen LogP contribution in [0.5, 0.6) is 0 Å². The van der Waals surface area contributed by atoms with E-state index in [1.807, 2.05) is 22.9 Å². The van der Waals surface area contributed by atoms with E-state index in [0.717, 1.165) is 30.7 Å². The van der Waals surface area contributed by atoms with Gasteiger partial charge in [0.15, 0.2) is 0 Å². The Kier molecular flexibility index (Phi) is 7.46. The molecule has 200 valence electrons. The number of ether oxygens (including phenoxy) is 1. The number of morpholine rings is 1. The average Bonchev–Trinajstić information content (AvgIpc) is 3.56. The first-order chi connectivity index (χ1) is 17.5. The summed E-state index contributed by atoms with van der Waals surface area (Å²) < 4.78 is 58.8. The third-order valence-corrected chi connectivity index (χ3v) is 8.44. The Morgan fingerprint density at radius 2 is 1.89 bits per heavy atom. The fourth-order valence-corrected chi connectivity index (χ4v) is 6.05. The molecule has 2 aromatic carbocycles. The third-order valence-electron chi connectivity index (χ3n) is 7.70. The van der Waals surface area contributed by atoms with Crippen molar-refractivity contribution in [1.29, 1.82) is 0 Å². The standard InChI is InChI=1S/C26H27Cl2F4N3O2/c1-33(9-15-2-4-20(23(29)6-15)26(30,31)32)24-12-35(11-19(24)16-3-5-21(27)22(28)7-16)25(36)13-34-10-18-8-17(34)14-37-18/h2-7,17-19,24H,8-14H2,1H3/t17-,18+,19-,24-/m1/s1. The fourth-order valence-electron chi connectivity index (χ4n) is 5.75. The van der Waals surface area contributed by atoms with Gasteiger partial charge in [-0.05, 0) is 48.9 Å². The van der Waals surface area contributed by atoms with Gasteiger partial charge < -0.3 is 9.64 Å². The third kappa shape index (κ3) is 5.61. The molecule has 3 saturated heterocycles. The van der Waals surface area contributed by atoms with E-state index in [1.54, 1.807) is 12.1 Å². The number of likely N-dealkylation sites (N-methyl/N-ethyl adjacent to an activating group) is 1. The van der Waals surface area contributed by atoms with E-state index in [1.165, 1.54) is 6.07 Å². The van der Waals surface area contributed by atoms with Gasteiger partial charge in [0.2, 0.25) is 5.91 Å². The van der Waals surface area contributed by atoms with Crippen LogP contribution in [-0.2, 0) is 22.3 Å². The molecule has 0 N–H and O–H groups in total. The quantitative estimate of drug-likeness (QED) is 0.464. The summed E-state index contributed by atoms with van der Waals surface area (Å²) in [4.78, 5) is 19.3. The molecule has 3 aliphatic rings. The maximum absolute atomic E-state index is 14.2. The number of carbonyl (C=O) groups excluding carboxylic acids is 1. The number of nitrogens with zero attached hydrogens (tertiary/aromatic N) is 3. The molecule has 0 saturated carbocycles. The molecule has 37 heavy (non-hydrogen) atoms. The summed E-state index contributed by atoms with van der Waals surface area (Å²) in [6.45, 7) is 2.83. The van der Waals surface area contributed by atoms with Crippen molar-refractivity contribution in [1.82, 2.24) is 14.7 Å². The monoisotopic (exact) mass is 559 g/mol. The minimum Gasteiger partial charge on any atom is -0.375 e. The Morgan fingerprint density at radius 1 is 1.11 bits per heavy atom. The summed E-state index contributed by atoms with van der Waals surface area (Å²) in [6, 6.07) is 8.48. The Bertz CT molecular complexity index is 1180. The number of fused-ring (bicyclic) bond motifs is 2. The van der Waals surface area contributed by atoms with E-state index in [4.69, 9.17) is 27.9 Å². The normalized spacial score (nSPS) is 26.0. The maximum Gasteiger partial charge on any atom is 0.419 e. The number of hydrogen-bond acceptors (Lipinski definition) is 4. The van der Waals surface area contributed by atoms with Crippen molar-refractivity contribution in [3.8, 4) is 0 Å². The molecule has 0 unspecified atom stereocenters. The lowest BCUT2D eigenvalue weighted by Crippen LogP contribution is -2.45. The predicted octanol–water partition coefficient (Wildman–Crippen LogP) is 5.05. The first kappa shape index (κ1) is 26.7. The summed E-state index contributed by atoms with van der Waals surface area (Å²) in [5, 5.41) is 0.830. The van der Waals surface area contributed by atoms with Crippen molar-refractivity contribution in [2.75, 3.05) is 39.8 Å². The van der Waals surface area contributed by atoms with Crippen LogP contribution in [0.15, 0.2) is 36.4 Å². The van der Waals surface area contributed by atoms with Gasteiger partial charge in [-0.25, -0.2) is 4.39 Å². The van der Waals surface area contributed by atoms with E-state index in [-0.39, 0.29) is 36.6 Å². The van der Waals surface area contributed by atoms with Crippen LogP contribution in [0, 0.1) is 5.82 Å². The van der Waals surface area contributed by atoms with Crippen molar-refractivity contribution in [2.24, 2.45) is 0 Å². The van der Waals surface area contributed by atoms with Crippen molar-refractivity contribution in [3.05, 3.63) is 69.0 Å². The van der Waals surface area contributed by atoms with Gasteiger partial charge in [0.05, 0.1) is 34.9 Å². The molecular formula is C26H27Cl2F4N3O2. The van der Waals surface area contributed by atoms with E-state index >= 15 is 0 Å². The average molecular weight is 560 g/mol. The Hall–Kier alpha value is -1.91. The van der Waals surface area contributed by atoms with Crippen LogP contribution in [0.25, 0.3) is 0 Å². The number of hydrogen-bond donors (Lipinski definition) is 0. The molecule has 2 bridgehead atoms. The zero-order valence-corrected chi connectivity index (χ0v) is 21.7. The Morgan fingerprint density at radius 3 is 2.51 bits per heavy atom. The smallest absolute Gasteiger partial charge is 0.375 e. The summed E-state index contributed by atoms with van der Waals surface area (Å²) in [5.41, 5.74) is 0.0405. The van der Waals surface area contributed by atoms with E-state index < -0.39 is 17.6 Å². The number of likely N-dealkylation sites (tertiary alicyclic amines) is 2. The zero-order chi connectivity index (χ0) is 26.5.